The monoisotopic (exact) mass is 496 g/mol. The van der Waals surface area contributed by atoms with Crippen LogP contribution in [-0.4, -0.2) is 53.0 Å². The van der Waals surface area contributed by atoms with Crippen LogP contribution in [0.2, 0.25) is 0 Å². The molecule has 1 aliphatic heterocycles. The van der Waals surface area contributed by atoms with Crippen molar-refractivity contribution >= 4 is 44.5 Å². The molecule has 32 heavy (non-hydrogen) atoms. The summed E-state index contributed by atoms with van der Waals surface area (Å²) in [5.74, 6) is 0.859. The maximum atomic E-state index is 13.5. The molecule has 0 unspecified atom stereocenters. The highest BCUT2D eigenvalue weighted by Crippen LogP contribution is 2.27. The van der Waals surface area contributed by atoms with Gasteiger partial charge in [-0.1, -0.05) is 0 Å². The third-order valence-electron chi connectivity index (χ3n) is 5.23. The molecule has 0 saturated carbocycles. The Labute approximate surface area is 194 Å². The molecule has 7 nitrogen and oxygen atoms in total. The number of nitriles is 1. The van der Waals surface area contributed by atoms with E-state index in [1.54, 1.807) is 23.1 Å². The summed E-state index contributed by atoms with van der Waals surface area (Å²) in [4.78, 5) is 26.3. The lowest BCUT2D eigenvalue weighted by atomic mass is 10.1. The molecule has 2 heterocycles. The maximum absolute atomic E-state index is 13.5. The molecule has 164 valence electrons. The summed E-state index contributed by atoms with van der Waals surface area (Å²) in [5.41, 5.74) is 2.35. The number of hydrogen-bond donors (Lipinski definition) is 1. The van der Waals surface area contributed by atoms with Crippen LogP contribution in [-0.2, 0) is 0 Å². The highest BCUT2D eigenvalue weighted by molar-refractivity contribution is 9.10. The van der Waals surface area contributed by atoms with Crippen LogP contribution in [0.25, 0.3) is 11.0 Å². The van der Waals surface area contributed by atoms with Crippen molar-refractivity contribution in [3.8, 4) is 6.07 Å². The zero-order valence-electron chi connectivity index (χ0n) is 17.8. The smallest absolute Gasteiger partial charge is 0.254 e. The van der Waals surface area contributed by atoms with E-state index in [2.05, 4.69) is 32.2 Å². The first-order valence-corrected chi connectivity index (χ1v) is 11.1. The van der Waals surface area contributed by atoms with Gasteiger partial charge >= 0.3 is 0 Å². The third kappa shape index (κ3) is 4.50. The van der Waals surface area contributed by atoms with Crippen molar-refractivity contribution in [2.45, 2.75) is 19.9 Å². The molecule has 0 spiro atoms. The van der Waals surface area contributed by atoms with Crippen LogP contribution in [0.15, 0.2) is 40.9 Å². The van der Waals surface area contributed by atoms with Crippen LogP contribution in [0.1, 0.15) is 29.8 Å². The van der Waals surface area contributed by atoms with Gasteiger partial charge in [-0.25, -0.2) is 14.4 Å². The van der Waals surface area contributed by atoms with Crippen molar-refractivity contribution in [2.24, 2.45) is 0 Å². The van der Waals surface area contributed by atoms with Crippen LogP contribution in [0.5, 0.6) is 0 Å². The molecule has 0 aliphatic carbocycles. The fourth-order valence-electron chi connectivity index (χ4n) is 3.64. The van der Waals surface area contributed by atoms with E-state index < -0.39 is 5.82 Å². The van der Waals surface area contributed by atoms with E-state index in [0.29, 0.717) is 60.0 Å². The van der Waals surface area contributed by atoms with E-state index in [-0.39, 0.29) is 16.4 Å². The van der Waals surface area contributed by atoms with Crippen LogP contribution < -0.4 is 10.2 Å². The Balaban J connectivity index is 1.57. The SMILES string of the molecule is CC(C)Nc1nc2ccc(C#N)cc2nc1N1CCN(C(=O)c2ccc(F)c(Br)c2)CC1. The summed E-state index contributed by atoms with van der Waals surface area (Å²) in [5, 5.41) is 12.6. The summed E-state index contributed by atoms with van der Waals surface area (Å²) in [6.07, 6.45) is 0. The Kier molecular flexibility index (Phi) is 6.24. The third-order valence-corrected chi connectivity index (χ3v) is 5.84. The minimum Gasteiger partial charge on any atom is -0.365 e. The van der Waals surface area contributed by atoms with Crippen molar-refractivity contribution in [2.75, 3.05) is 36.4 Å². The van der Waals surface area contributed by atoms with Crippen molar-refractivity contribution in [3.05, 3.63) is 57.8 Å². The molecule has 0 radical (unpaired) electrons. The number of nitrogens with zero attached hydrogens (tertiary/aromatic N) is 5. The number of piperazine rings is 1. The van der Waals surface area contributed by atoms with Gasteiger partial charge in [0.2, 0.25) is 0 Å². The van der Waals surface area contributed by atoms with Gasteiger partial charge in [0.25, 0.3) is 5.91 Å². The molecule has 4 rings (SSSR count). The van der Waals surface area contributed by atoms with Crippen LogP contribution in [0.4, 0.5) is 16.0 Å². The molecular weight excluding hydrogens is 475 g/mol. The maximum Gasteiger partial charge on any atom is 0.254 e. The first kappa shape index (κ1) is 22.0. The van der Waals surface area contributed by atoms with Crippen molar-refractivity contribution in [1.82, 2.24) is 14.9 Å². The number of aromatic nitrogens is 2. The van der Waals surface area contributed by atoms with Crippen molar-refractivity contribution in [1.29, 1.82) is 5.26 Å². The van der Waals surface area contributed by atoms with E-state index in [1.165, 1.54) is 18.2 Å². The highest BCUT2D eigenvalue weighted by atomic mass is 79.9. The molecule has 3 aromatic rings. The lowest BCUT2D eigenvalue weighted by molar-refractivity contribution is 0.0746. The first-order chi connectivity index (χ1) is 15.4. The molecule has 1 saturated heterocycles. The Morgan fingerprint density at radius 3 is 2.53 bits per heavy atom. The van der Waals surface area contributed by atoms with Crippen LogP contribution >= 0.6 is 15.9 Å². The predicted molar refractivity (Wildman–Crippen MR) is 125 cm³/mol. The summed E-state index contributed by atoms with van der Waals surface area (Å²) >= 11 is 3.14. The molecule has 1 fully saturated rings. The van der Waals surface area contributed by atoms with Gasteiger partial charge in [0.05, 0.1) is 27.1 Å². The minimum absolute atomic E-state index is 0.130. The summed E-state index contributed by atoms with van der Waals surface area (Å²) in [6, 6.07) is 11.9. The number of anilines is 2. The zero-order valence-corrected chi connectivity index (χ0v) is 19.4. The number of amides is 1. The molecular formula is C23H22BrFN6O. The van der Waals surface area contributed by atoms with Gasteiger partial charge in [-0.3, -0.25) is 4.79 Å². The van der Waals surface area contributed by atoms with Gasteiger partial charge in [0, 0.05) is 37.8 Å². The van der Waals surface area contributed by atoms with Crippen molar-refractivity contribution in [3.63, 3.8) is 0 Å². The summed E-state index contributed by atoms with van der Waals surface area (Å²) < 4.78 is 13.8. The molecule has 1 amide bonds. The number of halogens is 2. The van der Waals surface area contributed by atoms with E-state index in [1.807, 2.05) is 13.8 Å². The second-order valence-corrected chi connectivity index (χ2v) is 8.77. The molecule has 1 aromatic heterocycles. The number of hydrogen-bond acceptors (Lipinski definition) is 6. The van der Waals surface area contributed by atoms with Gasteiger partial charge < -0.3 is 15.1 Å². The van der Waals surface area contributed by atoms with Crippen LogP contribution in [0, 0.1) is 17.1 Å². The number of fused-ring (bicyclic) bond motifs is 1. The largest absolute Gasteiger partial charge is 0.365 e. The Hall–Kier alpha value is -3.25. The minimum atomic E-state index is -0.397. The number of carbonyl (C=O) groups is 1. The zero-order chi connectivity index (χ0) is 22.8. The highest BCUT2D eigenvalue weighted by Gasteiger charge is 2.26. The second-order valence-electron chi connectivity index (χ2n) is 7.92. The Bertz CT molecular complexity index is 1220. The lowest BCUT2D eigenvalue weighted by Gasteiger charge is -2.36. The van der Waals surface area contributed by atoms with Crippen molar-refractivity contribution < 1.29 is 9.18 Å². The van der Waals surface area contributed by atoms with Gasteiger partial charge in [-0.2, -0.15) is 5.26 Å². The fourth-order valence-corrected chi connectivity index (χ4v) is 4.02. The van der Waals surface area contributed by atoms with E-state index in [0.717, 1.165) is 0 Å². The second kappa shape index (κ2) is 9.09. The molecule has 2 aromatic carbocycles. The average molecular weight is 497 g/mol. The van der Waals surface area contributed by atoms with E-state index >= 15 is 0 Å². The van der Waals surface area contributed by atoms with E-state index in [4.69, 9.17) is 9.97 Å². The topological polar surface area (TPSA) is 85.2 Å². The number of nitrogens with one attached hydrogen (secondary N) is 1. The fraction of sp³-hybridized carbons (Fsp3) is 0.304. The predicted octanol–water partition coefficient (Wildman–Crippen LogP) is 4.19. The first-order valence-electron chi connectivity index (χ1n) is 10.3. The van der Waals surface area contributed by atoms with Gasteiger partial charge in [-0.05, 0) is 66.2 Å². The van der Waals surface area contributed by atoms with Gasteiger partial charge in [0.1, 0.15) is 5.82 Å². The van der Waals surface area contributed by atoms with E-state index in [9.17, 15) is 14.4 Å². The number of carbonyl (C=O) groups excluding carboxylic acids is 1. The molecule has 0 atom stereocenters. The van der Waals surface area contributed by atoms with Gasteiger partial charge in [-0.15, -0.1) is 0 Å². The van der Waals surface area contributed by atoms with Crippen LogP contribution in [0.3, 0.4) is 0 Å². The number of benzene rings is 2. The standard InChI is InChI=1S/C23H22BrFN6O/c1-14(2)27-21-22(29-20-11-15(13-26)3-6-19(20)28-21)30-7-9-31(10-8-30)23(32)16-4-5-18(25)17(24)12-16/h3-6,11-12,14H,7-10H2,1-2H3,(H,27,28). The molecule has 9 heteroatoms. The quantitative estimate of drug-likeness (QED) is 0.582. The molecule has 1 aliphatic rings. The Morgan fingerprint density at radius 1 is 1.12 bits per heavy atom. The lowest BCUT2D eigenvalue weighted by Crippen LogP contribution is -2.49. The molecule has 1 N–H and O–H groups in total. The average Bonchev–Trinajstić information content (AvgIpc) is 2.79. The Morgan fingerprint density at radius 2 is 1.88 bits per heavy atom. The summed E-state index contributed by atoms with van der Waals surface area (Å²) in [7, 11) is 0. The normalized spacial score (nSPS) is 14.0. The number of rotatable bonds is 4. The summed E-state index contributed by atoms with van der Waals surface area (Å²) in [6.45, 7) is 6.25. The van der Waals surface area contributed by atoms with Gasteiger partial charge in [0.15, 0.2) is 11.6 Å². The molecule has 0 bridgehead atoms.